The number of methoxy groups -OCH3 is 1. The number of ether oxygens (including phenoxy) is 2. The van der Waals surface area contributed by atoms with Crippen molar-refractivity contribution in [1.29, 1.82) is 0 Å². The second-order valence-electron chi connectivity index (χ2n) is 3.90. The highest BCUT2D eigenvalue weighted by atomic mass is 16.5. The molecule has 0 saturated carbocycles. The van der Waals surface area contributed by atoms with Crippen molar-refractivity contribution in [2.75, 3.05) is 13.7 Å². The van der Waals surface area contributed by atoms with E-state index < -0.39 is 0 Å². The van der Waals surface area contributed by atoms with E-state index in [1.54, 1.807) is 26.3 Å². The summed E-state index contributed by atoms with van der Waals surface area (Å²) < 4.78 is 10.2. The van der Waals surface area contributed by atoms with E-state index in [-0.39, 0.29) is 12.4 Å². The Morgan fingerprint density at radius 1 is 1.44 bits per heavy atom. The Morgan fingerprint density at radius 2 is 2.17 bits per heavy atom. The minimum Gasteiger partial charge on any atom is -0.496 e. The molecule has 0 bridgehead atoms. The summed E-state index contributed by atoms with van der Waals surface area (Å²) in [7, 11) is 1.64. The molecular formula is C14H19NO3. The lowest BCUT2D eigenvalue weighted by Gasteiger charge is -2.09. The summed E-state index contributed by atoms with van der Waals surface area (Å²) in [5.74, 6) is 0.603. The number of pyridine rings is 1. The Morgan fingerprint density at radius 3 is 2.78 bits per heavy atom. The van der Waals surface area contributed by atoms with E-state index in [0.717, 1.165) is 22.6 Å². The van der Waals surface area contributed by atoms with Crippen molar-refractivity contribution in [3.63, 3.8) is 0 Å². The fourth-order valence-electron chi connectivity index (χ4n) is 1.70. The summed E-state index contributed by atoms with van der Waals surface area (Å²) in [6.45, 7) is 6.09. The Bertz CT molecular complexity index is 453. The molecule has 0 saturated heterocycles. The number of esters is 1. The summed E-state index contributed by atoms with van der Waals surface area (Å²) in [4.78, 5) is 15.5. The van der Waals surface area contributed by atoms with E-state index >= 15 is 0 Å². The quantitative estimate of drug-likeness (QED) is 0.753. The summed E-state index contributed by atoms with van der Waals surface area (Å²) >= 11 is 0. The number of rotatable bonds is 5. The maximum absolute atomic E-state index is 11.2. The fourth-order valence-corrected chi connectivity index (χ4v) is 1.70. The SMILES string of the molecule is CCOC(=O)CC=Cc1ncc(C)c(OC)c1C. The molecule has 1 aromatic heterocycles. The fraction of sp³-hybridized carbons (Fsp3) is 0.429. The number of carbonyl (C=O) groups is 1. The number of hydrogen-bond donors (Lipinski definition) is 0. The molecule has 0 aliphatic rings. The standard InChI is InChI=1S/C14H19NO3/c1-5-18-13(16)8-6-7-12-11(3)14(17-4)10(2)9-15-12/h6-7,9H,5,8H2,1-4H3. The highest BCUT2D eigenvalue weighted by Gasteiger charge is 2.07. The molecule has 0 amide bonds. The molecule has 0 fully saturated rings. The lowest BCUT2D eigenvalue weighted by atomic mass is 10.1. The Kier molecular flexibility index (Phi) is 5.36. The van der Waals surface area contributed by atoms with Crippen LogP contribution in [0, 0.1) is 13.8 Å². The van der Waals surface area contributed by atoms with Crippen molar-refractivity contribution in [3.05, 3.63) is 29.1 Å². The Labute approximate surface area is 108 Å². The van der Waals surface area contributed by atoms with Gasteiger partial charge in [-0.05, 0) is 26.8 Å². The highest BCUT2D eigenvalue weighted by Crippen LogP contribution is 2.24. The molecule has 0 atom stereocenters. The third-order valence-corrected chi connectivity index (χ3v) is 2.55. The van der Waals surface area contributed by atoms with Gasteiger partial charge >= 0.3 is 5.97 Å². The Hall–Kier alpha value is -1.84. The minimum atomic E-state index is -0.231. The Balaban J connectivity index is 2.79. The van der Waals surface area contributed by atoms with Crippen LogP contribution in [0.3, 0.4) is 0 Å². The average molecular weight is 249 g/mol. The summed E-state index contributed by atoms with van der Waals surface area (Å²) in [6, 6.07) is 0. The second-order valence-corrected chi connectivity index (χ2v) is 3.90. The molecule has 0 N–H and O–H groups in total. The third kappa shape index (κ3) is 3.58. The number of hydrogen-bond acceptors (Lipinski definition) is 4. The monoisotopic (exact) mass is 249 g/mol. The predicted molar refractivity (Wildman–Crippen MR) is 70.5 cm³/mol. The van der Waals surface area contributed by atoms with Gasteiger partial charge in [0.2, 0.25) is 0 Å². The topological polar surface area (TPSA) is 48.4 Å². The first-order valence-electron chi connectivity index (χ1n) is 5.92. The van der Waals surface area contributed by atoms with Gasteiger partial charge in [0.15, 0.2) is 0 Å². The van der Waals surface area contributed by atoms with Crippen LogP contribution >= 0.6 is 0 Å². The average Bonchev–Trinajstić information content (AvgIpc) is 2.33. The molecule has 4 nitrogen and oxygen atoms in total. The number of carbonyl (C=O) groups excluding carboxylic acids is 1. The molecule has 98 valence electrons. The maximum atomic E-state index is 11.2. The van der Waals surface area contributed by atoms with Crippen molar-refractivity contribution in [2.24, 2.45) is 0 Å². The van der Waals surface area contributed by atoms with Crippen LogP contribution in [-0.2, 0) is 9.53 Å². The molecule has 0 aliphatic carbocycles. The van der Waals surface area contributed by atoms with Gasteiger partial charge in [0.1, 0.15) is 5.75 Å². The molecule has 4 heteroatoms. The van der Waals surface area contributed by atoms with Gasteiger partial charge < -0.3 is 9.47 Å². The summed E-state index contributed by atoms with van der Waals surface area (Å²) in [5, 5.41) is 0. The largest absolute Gasteiger partial charge is 0.496 e. The lowest BCUT2D eigenvalue weighted by molar-refractivity contribution is -0.142. The van der Waals surface area contributed by atoms with Crippen LogP contribution < -0.4 is 4.74 Å². The lowest BCUT2D eigenvalue weighted by Crippen LogP contribution is -2.01. The van der Waals surface area contributed by atoms with Crippen LogP contribution in [0.25, 0.3) is 6.08 Å². The van der Waals surface area contributed by atoms with Gasteiger partial charge in [0.05, 0.1) is 25.8 Å². The van der Waals surface area contributed by atoms with E-state index in [1.165, 1.54) is 0 Å². The zero-order valence-corrected chi connectivity index (χ0v) is 11.3. The molecule has 1 aromatic rings. The van der Waals surface area contributed by atoms with Crippen LogP contribution in [0.15, 0.2) is 12.3 Å². The molecule has 0 spiro atoms. The molecule has 0 aliphatic heterocycles. The minimum absolute atomic E-state index is 0.231. The van der Waals surface area contributed by atoms with Crippen molar-refractivity contribution in [3.8, 4) is 5.75 Å². The zero-order chi connectivity index (χ0) is 13.5. The van der Waals surface area contributed by atoms with Crippen LogP contribution in [-0.4, -0.2) is 24.7 Å². The van der Waals surface area contributed by atoms with Crippen molar-refractivity contribution in [2.45, 2.75) is 27.2 Å². The summed E-state index contributed by atoms with van der Waals surface area (Å²) in [6.07, 6.45) is 5.58. The van der Waals surface area contributed by atoms with Crippen LogP contribution in [0.1, 0.15) is 30.2 Å². The smallest absolute Gasteiger partial charge is 0.309 e. The molecule has 1 rings (SSSR count). The molecule has 0 unspecified atom stereocenters. The van der Waals surface area contributed by atoms with Crippen molar-refractivity contribution in [1.82, 2.24) is 4.98 Å². The van der Waals surface area contributed by atoms with Gasteiger partial charge in [-0.1, -0.05) is 6.08 Å². The van der Waals surface area contributed by atoms with Gasteiger partial charge in [-0.15, -0.1) is 0 Å². The third-order valence-electron chi connectivity index (χ3n) is 2.55. The normalized spacial score (nSPS) is 10.7. The van der Waals surface area contributed by atoms with E-state index in [1.807, 2.05) is 19.9 Å². The van der Waals surface area contributed by atoms with Gasteiger partial charge in [0.25, 0.3) is 0 Å². The van der Waals surface area contributed by atoms with Gasteiger partial charge in [0, 0.05) is 17.3 Å². The highest BCUT2D eigenvalue weighted by molar-refractivity contribution is 5.72. The van der Waals surface area contributed by atoms with Crippen LogP contribution in [0.5, 0.6) is 5.75 Å². The number of aromatic nitrogens is 1. The first-order valence-corrected chi connectivity index (χ1v) is 5.92. The van der Waals surface area contributed by atoms with E-state index in [4.69, 9.17) is 9.47 Å². The predicted octanol–water partition coefficient (Wildman–Crippen LogP) is 2.67. The number of nitrogens with zero attached hydrogens (tertiary/aromatic N) is 1. The molecule has 1 heterocycles. The van der Waals surface area contributed by atoms with Crippen LogP contribution in [0.2, 0.25) is 0 Å². The van der Waals surface area contributed by atoms with Gasteiger partial charge in [-0.25, -0.2) is 0 Å². The van der Waals surface area contributed by atoms with Crippen LogP contribution in [0.4, 0.5) is 0 Å². The zero-order valence-electron chi connectivity index (χ0n) is 11.3. The second kappa shape index (κ2) is 6.79. The van der Waals surface area contributed by atoms with Crippen molar-refractivity contribution < 1.29 is 14.3 Å². The van der Waals surface area contributed by atoms with Gasteiger partial charge in [-0.3, -0.25) is 9.78 Å². The molecule has 18 heavy (non-hydrogen) atoms. The van der Waals surface area contributed by atoms with E-state index in [9.17, 15) is 4.79 Å². The molecular weight excluding hydrogens is 230 g/mol. The van der Waals surface area contributed by atoms with E-state index in [2.05, 4.69) is 4.98 Å². The first kappa shape index (κ1) is 14.2. The number of aryl methyl sites for hydroxylation is 1. The van der Waals surface area contributed by atoms with Gasteiger partial charge in [-0.2, -0.15) is 0 Å². The van der Waals surface area contributed by atoms with Crippen molar-refractivity contribution >= 4 is 12.0 Å². The first-order chi connectivity index (χ1) is 8.60. The maximum Gasteiger partial charge on any atom is 0.309 e. The molecule has 0 radical (unpaired) electrons. The van der Waals surface area contributed by atoms with E-state index in [0.29, 0.717) is 6.61 Å². The summed E-state index contributed by atoms with van der Waals surface area (Å²) in [5.41, 5.74) is 2.77. The molecule has 0 aromatic carbocycles.